The van der Waals surface area contributed by atoms with Crippen LogP contribution < -0.4 is 11.1 Å². The summed E-state index contributed by atoms with van der Waals surface area (Å²) in [6, 6.07) is 8.55. The van der Waals surface area contributed by atoms with Gasteiger partial charge in [-0.05, 0) is 55.7 Å². The molecule has 0 radical (unpaired) electrons. The molecule has 5 nitrogen and oxygen atoms in total. The number of pyridine rings is 1. The standard InChI is InChI=1S/C20H18F3N5/c21-20(22,23)13-3-6-15(7-4-13)26-19-16-10-14(24)5-8-17(16)27-18(28-19)12-2-1-9-25-11-12/h1-4,6-7,9,11,14H,5,8,10,24H2,(H,26,27,28). The lowest BCUT2D eigenvalue weighted by molar-refractivity contribution is -0.137. The summed E-state index contributed by atoms with van der Waals surface area (Å²) in [6.07, 6.45) is 1.16. The minimum atomic E-state index is -4.37. The highest BCUT2D eigenvalue weighted by molar-refractivity contribution is 5.65. The summed E-state index contributed by atoms with van der Waals surface area (Å²) in [5.74, 6) is 1.09. The summed E-state index contributed by atoms with van der Waals surface area (Å²) in [5, 5.41) is 3.15. The molecule has 0 amide bonds. The maximum absolute atomic E-state index is 12.8. The third-order valence-corrected chi connectivity index (χ3v) is 4.71. The third kappa shape index (κ3) is 3.82. The Balaban J connectivity index is 1.72. The number of hydrogen-bond donors (Lipinski definition) is 2. The summed E-state index contributed by atoms with van der Waals surface area (Å²) in [6.45, 7) is 0. The quantitative estimate of drug-likeness (QED) is 0.709. The Morgan fingerprint density at radius 2 is 1.86 bits per heavy atom. The molecular weight excluding hydrogens is 367 g/mol. The average Bonchev–Trinajstić information content (AvgIpc) is 2.68. The number of benzene rings is 1. The van der Waals surface area contributed by atoms with Crippen LogP contribution in [0.3, 0.4) is 0 Å². The first-order valence-electron chi connectivity index (χ1n) is 8.90. The Hall–Kier alpha value is -3.00. The summed E-state index contributed by atoms with van der Waals surface area (Å²) in [5.41, 5.74) is 8.53. The summed E-state index contributed by atoms with van der Waals surface area (Å²) in [7, 11) is 0. The third-order valence-electron chi connectivity index (χ3n) is 4.71. The maximum Gasteiger partial charge on any atom is 0.416 e. The van der Waals surface area contributed by atoms with Crippen molar-refractivity contribution in [1.29, 1.82) is 0 Å². The Kier molecular flexibility index (Phi) is 4.72. The van der Waals surface area contributed by atoms with Gasteiger partial charge < -0.3 is 11.1 Å². The minimum Gasteiger partial charge on any atom is -0.340 e. The highest BCUT2D eigenvalue weighted by Crippen LogP contribution is 2.32. The van der Waals surface area contributed by atoms with Crippen LogP contribution >= 0.6 is 0 Å². The molecule has 3 aromatic rings. The van der Waals surface area contributed by atoms with Gasteiger partial charge in [0, 0.05) is 40.9 Å². The van der Waals surface area contributed by atoms with E-state index in [4.69, 9.17) is 5.73 Å². The van der Waals surface area contributed by atoms with Gasteiger partial charge in [0.15, 0.2) is 5.82 Å². The van der Waals surface area contributed by atoms with E-state index >= 15 is 0 Å². The molecule has 2 aromatic heterocycles. The van der Waals surface area contributed by atoms with Crippen molar-refractivity contribution in [2.24, 2.45) is 5.73 Å². The van der Waals surface area contributed by atoms with Crippen molar-refractivity contribution < 1.29 is 13.2 Å². The lowest BCUT2D eigenvalue weighted by Gasteiger charge is -2.24. The Morgan fingerprint density at radius 1 is 1.07 bits per heavy atom. The van der Waals surface area contributed by atoms with Gasteiger partial charge in [-0.15, -0.1) is 0 Å². The van der Waals surface area contributed by atoms with Gasteiger partial charge in [0.05, 0.1) is 5.56 Å². The number of hydrogen-bond acceptors (Lipinski definition) is 5. The molecule has 0 bridgehead atoms. The van der Waals surface area contributed by atoms with E-state index in [1.54, 1.807) is 18.5 Å². The van der Waals surface area contributed by atoms with Gasteiger partial charge in [0.2, 0.25) is 0 Å². The van der Waals surface area contributed by atoms with Crippen LogP contribution in [0, 0.1) is 0 Å². The zero-order chi connectivity index (χ0) is 19.7. The largest absolute Gasteiger partial charge is 0.416 e. The lowest BCUT2D eigenvalue weighted by Crippen LogP contribution is -2.29. The van der Waals surface area contributed by atoms with E-state index in [0.29, 0.717) is 23.8 Å². The van der Waals surface area contributed by atoms with E-state index in [2.05, 4.69) is 20.3 Å². The predicted octanol–water partition coefficient (Wildman–Crippen LogP) is 4.12. The van der Waals surface area contributed by atoms with Crippen LogP contribution in [0.5, 0.6) is 0 Å². The van der Waals surface area contributed by atoms with Crippen molar-refractivity contribution in [3.8, 4) is 11.4 Å². The SMILES string of the molecule is NC1CCc2nc(-c3cccnc3)nc(Nc3ccc(C(F)(F)F)cc3)c2C1. The maximum atomic E-state index is 12.8. The zero-order valence-corrected chi connectivity index (χ0v) is 14.9. The lowest BCUT2D eigenvalue weighted by atomic mass is 9.92. The molecule has 144 valence electrons. The van der Waals surface area contributed by atoms with Crippen LogP contribution in [0.15, 0.2) is 48.8 Å². The van der Waals surface area contributed by atoms with Crippen molar-refractivity contribution >= 4 is 11.5 Å². The van der Waals surface area contributed by atoms with Gasteiger partial charge in [-0.25, -0.2) is 9.97 Å². The van der Waals surface area contributed by atoms with Crippen molar-refractivity contribution in [2.45, 2.75) is 31.5 Å². The van der Waals surface area contributed by atoms with E-state index in [0.717, 1.165) is 41.8 Å². The number of rotatable bonds is 3. The van der Waals surface area contributed by atoms with Crippen LogP contribution in [0.2, 0.25) is 0 Å². The van der Waals surface area contributed by atoms with Crippen molar-refractivity contribution in [3.63, 3.8) is 0 Å². The van der Waals surface area contributed by atoms with Gasteiger partial charge in [0.1, 0.15) is 5.82 Å². The first-order valence-corrected chi connectivity index (χ1v) is 8.90. The molecule has 28 heavy (non-hydrogen) atoms. The summed E-state index contributed by atoms with van der Waals surface area (Å²) in [4.78, 5) is 13.4. The normalized spacial score (nSPS) is 16.5. The van der Waals surface area contributed by atoms with E-state index < -0.39 is 11.7 Å². The van der Waals surface area contributed by atoms with Gasteiger partial charge in [0.25, 0.3) is 0 Å². The van der Waals surface area contributed by atoms with E-state index in [1.165, 1.54) is 12.1 Å². The molecule has 3 N–H and O–H groups in total. The molecule has 2 heterocycles. The highest BCUT2D eigenvalue weighted by atomic mass is 19.4. The zero-order valence-electron chi connectivity index (χ0n) is 14.9. The van der Waals surface area contributed by atoms with Crippen molar-refractivity contribution in [3.05, 3.63) is 65.6 Å². The smallest absolute Gasteiger partial charge is 0.340 e. The average molecular weight is 385 g/mol. The molecule has 1 unspecified atom stereocenters. The Morgan fingerprint density at radius 3 is 2.54 bits per heavy atom. The van der Waals surface area contributed by atoms with Crippen LogP contribution in [-0.2, 0) is 19.0 Å². The second kappa shape index (κ2) is 7.20. The van der Waals surface area contributed by atoms with Gasteiger partial charge in [-0.1, -0.05) is 0 Å². The molecule has 0 saturated heterocycles. The highest BCUT2D eigenvalue weighted by Gasteiger charge is 2.30. The van der Waals surface area contributed by atoms with Crippen LogP contribution in [-0.4, -0.2) is 21.0 Å². The molecule has 1 aromatic carbocycles. The second-order valence-corrected chi connectivity index (χ2v) is 6.77. The summed E-state index contributed by atoms with van der Waals surface area (Å²) >= 11 is 0. The summed E-state index contributed by atoms with van der Waals surface area (Å²) < 4.78 is 38.4. The van der Waals surface area contributed by atoms with Crippen LogP contribution in [0.25, 0.3) is 11.4 Å². The minimum absolute atomic E-state index is 0.00787. The number of alkyl halides is 3. The molecule has 8 heteroatoms. The van der Waals surface area contributed by atoms with Crippen molar-refractivity contribution in [2.75, 3.05) is 5.32 Å². The number of fused-ring (bicyclic) bond motifs is 1. The number of nitrogens with zero attached hydrogens (tertiary/aromatic N) is 3. The van der Waals surface area contributed by atoms with Gasteiger partial charge in [-0.3, -0.25) is 4.98 Å². The number of nitrogens with two attached hydrogens (primary N) is 1. The monoisotopic (exact) mass is 385 g/mol. The van der Waals surface area contributed by atoms with Crippen molar-refractivity contribution in [1.82, 2.24) is 15.0 Å². The van der Waals surface area contributed by atoms with E-state index in [-0.39, 0.29) is 6.04 Å². The van der Waals surface area contributed by atoms with Crippen LogP contribution in [0.4, 0.5) is 24.7 Å². The number of aryl methyl sites for hydroxylation is 1. The topological polar surface area (TPSA) is 76.7 Å². The number of aromatic nitrogens is 3. The fraction of sp³-hybridized carbons (Fsp3) is 0.250. The Labute approximate surface area is 159 Å². The van der Waals surface area contributed by atoms with E-state index in [9.17, 15) is 13.2 Å². The number of nitrogens with one attached hydrogen (secondary N) is 1. The molecule has 0 aliphatic heterocycles. The molecule has 1 aliphatic rings. The first-order chi connectivity index (χ1) is 13.4. The Bertz CT molecular complexity index is 972. The number of anilines is 2. The molecule has 0 spiro atoms. The fourth-order valence-corrected chi connectivity index (χ4v) is 3.24. The molecular formula is C20H18F3N5. The molecule has 1 aliphatic carbocycles. The van der Waals surface area contributed by atoms with Gasteiger partial charge in [-0.2, -0.15) is 13.2 Å². The molecule has 1 atom stereocenters. The second-order valence-electron chi connectivity index (χ2n) is 6.77. The van der Waals surface area contributed by atoms with E-state index in [1.807, 2.05) is 6.07 Å². The fourth-order valence-electron chi connectivity index (χ4n) is 3.24. The predicted molar refractivity (Wildman–Crippen MR) is 100.0 cm³/mol. The molecule has 0 fully saturated rings. The first kappa shape index (κ1) is 18.4. The van der Waals surface area contributed by atoms with Crippen LogP contribution in [0.1, 0.15) is 23.2 Å². The molecule has 0 saturated carbocycles. The van der Waals surface area contributed by atoms with Gasteiger partial charge >= 0.3 is 6.18 Å². The number of halogens is 3. The molecule has 4 rings (SSSR count).